The highest BCUT2D eigenvalue weighted by atomic mass is 16.2. The fraction of sp³-hybridized carbons (Fsp3) is 0.462. The number of amides is 2. The Morgan fingerprint density at radius 2 is 2.22 bits per heavy atom. The first kappa shape index (κ1) is 12.7. The van der Waals surface area contributed by atoms with Gasteiger partial charge in [0, 0.05) is 32.4 Å². The number of hydrogen-bond donors (Lipinski definition) is 1. The first-order valence-corrected chi connectivity index (χ1v) is 6.02. The Balaban J connectivity index is 1.94. The molecule has 2 amide bonds. The number of imide groups is 1. The van der Waals surface area contributed by atoms with Crippen LogP contribution in [0.25, 0.3) is 0 Å². The number of pyridine rings is 1. The van der Waals surface area contributed by atoms with Crippen LogP contribution in [0.2, 0.25) is 0 Å². The zero-order valence-corrected chi connectivity index (χ0v) is 10.6. The van der Waals surface area contributed by atoms with Crippen molar-refractivity contribution < 1.29 is 9.59 Å². The average Bonchev–Trinajstić information content (AvgIpc) is 2.35. The molecule has 5 nitrogen and oxygen atoms in total. The Morgan fingerprint density at radius 1 is 1.44 bits per heavy atom. The SMILES string of the molecule is Cc1cncc(CNC2CCC(=O)N(C)C2=O)c1. The lowest BCUT2D eigenvalue weighted by Crippen LogP contribution is -2.51. The maximum atomic E-state index is 11.9. The Labute approximate surface area is 106 Å². The Bertz CT molecular complexity index is 473. The quantitative estimate of drug-likeness (QED) is 0.796. The van der Waals surface area contributed by atoms with E-state index in [1.165, 1.54) is 11.9 Å². The fourth-order valence-corrected chi connectivity index (χ4v) is 2.06. The summed E-state index contributed by atoms with van der Waals surface area (Å²) in [6, 6.07) is 1.76. The zero-order valence-electron chi connectivity index (χ0n) is 10.6. The van der Waals surface area contributed by atoms with Crippen LogP contribution >= 0.6 is 0 Å². The van der Waals surface area contributed by atoms with Crippen LogP contribution in [0.5, 0.6) is 0 Å². The summed E-state index contributed by atoms with van der Waals surface area (Å²) < 4.78 is 0. The van der Waals surface area contributed by atoms with Gasteiger partial charge in [0.15, 0.2) is 0 Å². The number of rotatable bonds is 3. The summed E-state index contributed by atoms with van der Waals surface area (Å²) in [5.74, 6) is -0.248. The van der Waals surface area contributed by atoms with Crippen molar-refractivity contribution in [2.24, 2.45) is 0 Å². The van der Waals surface area contributed by atoms with E-state index in [4.69, 9.17) is 0 Å². The molecule has 0 aliphatic carbocycles. The van der Waals surface area contributed by atoms with E-state index in [-0.39, 0.29) is 17.9 Å². The van der Waals surface area contributed by atoms with Crippen LogP contribution in [0.15, 0.2) is 18.5 Å². The van der Waals surface area contributed by atoms with Gasteiger partial charge < -0.3 is 5.32 Å². The number of aryl methyl sites for hydroxylation is 1. The summed E-state index contributed by atoms with van der Waals surface area (Å²) in [6.07, 6.45) is 4.57. The normalized spacial score (nSPS) is 20.3. The highest BCUT2D eigenvalue weighted by molar-refractivity contribution is 6.00. The van der Waals surface area contributed by atoms with Crippen molar-refractivity contribution >= 4 is 11.8 Å². The van der Waals surface area contributed by atoms with E-state index >= 15 is 0 Å². The second kappa shape index (κ2) is 5.27. The number of nitrogens with one attached hydrogen (secondary N) is 1. The number of carbonyl (C=O) groups excluding carboxylic acids is 2. The molecule has 1 aliphatic heterocycles. The fourth-order valence-electron chi connectivity index (χ4n) is 2.06. The predicted octanol–water partition coefficient (Wildman–Crippen LogP) is 0.627. The van der Waals surface area contributed by atoms with Gasteiger partial charge in [0.05, 0.1) is 6.04 Å². The molecular weight excluding hydrogens is 230 g/mol. The molecule has 2 heterocycles. The lowest BCUT2D eigenvalue weighted by molar-refractivity contribution is -0.148. The van der Waals surface area contributed by atoms with Crippen molar-refractivity contribution in [3.8, 4) is 0 Å². The van der Waals surface area contributed by atoms with Crippen LogP contribution in [0.4, 0.5) is 0 Å². The van der Waals surface area contributed by atoms with Gasteiger partial charge in [-0.1, -0.05) is 6.07 Å². The van der Waals surface area contributed by atoms with Gasteiger partial charge in [-0.25, -0.2) is 0 Å². The van der Waals surface area contributed by atoms with Crippen LogP contribution in [0, 0.1) is 6.92 Å². The standard InChI is InChI=1S/C13H17N3O2/c1-9-5-10(7-14-6-9)8-15-11-3-4-12(17)16(2)13(11)18/h5-7,11,15H,3-4,8H2,1-2H3. The van der Waals surface area contributed by atoms with E-state index in [1.54, 1.807) is 12.4 Å². The number of likely N-dealkylation sites (tertiary alicyclic amines) is 1. The molecule has 0 spiro atoms. The van der Waals surface area contributed by atoms with Gasteiger partial charge in [0.1, 0.15) is 0 Å². The second-order valence-corrected chi connectivity index (χ2v) is 4.63. The molecule has 96 valence electrons. The van der Waals surface area contributed by atoms with Crippen molar-refractivity contribution in [1.82, 2.24) is 15.2 Å². The molecular formula is C13H17N3O2. The molecule has 1 unspecified atom stereocenters. The average molecular weight is 247 g/mol. The van der Waals surface area contributed by atoms with Crippen LogP contribution < -0.4 is 5.32 Å². The number of hydrogen-bond acceptors (Lipinski definition) is 4. The topological polar surface area (TPSA) is 62.3 Å². The molecule has 1 aromatic heterocycles. The highest BCUT2D eigenvalue weighted by Crippen LogP contribution is 2.12. The van der Waals surface area contributed by atoms with Gasteiger partial charge in [-0.2, -0.15) is 0 Å². The van der Waals surface area contributed by atoms with E-state index in [0.29, 0.717) is 19.4 Å². The molecule has 0 saturated carbocycles. The summed E-state index contributed by atoms with van der Waals surface area (Å²) in [5.41, 5.74) is 2.14. The molecule has 0 aromatic carbocycles. The van der Waals surface area contributed by atoms with Gasteiger partial charge in [-0.05, 0) is 24.5 Å². The monoisotopic (exact) mass is 247 g/mol. The van der Waals surface area contributed by atoms with Crippen LogP contribution in [-0.4, -0.2) is 34.8 Å². The molecule has 1 aromatic rings. The summed E-state index contributed by atoms with van der Waals surface area (Å²) in [6.45, 7) is 2.57. The van der Waals surface area contributed by atoms with Gasteiger partial charge in [-0.15, -0.1) is 0 Å². The van der Waals surface area contributed by atoms with Gasteiger partial charge in [-0.3, -0.25) is 19.5 Å². The summed E-state index contributed by atoms with van der Waals surface area (Å²) >= 11 is 0. The lowest BCUT2D eigenvalue weighted by Gasteiger charge is -2.28. The summed E-state index contributed by atoms with van der Waals surface area (Å²) in [7, 11) is 1.53. The van der Waals surface area contributed by atoms with Gasteiger partial charge >= 0.3 is 0 Å². The molecule has 1 N–H and O–H groups in total. The molecule has 1 saturated heterocycles. The molecule has 1 atom stereocenters. The number of likely N-dealkylation sites (N-methyl/N-ethyl adjacent to an activating group) is 1. The second-order valence-electron chi connectivity index (χ2n) is 4.63. The maximum Gasteiger partial charge on any atom is 0.246 e. The smallest absolute Gasteiger partial charge is 0.246 e. The highest BCUT2D eigenvalue weighted by Gasteiger charge is 2.31. The molecule has 1 aliphatic rings. The molecule has 1 fully saturated rings. The molecule has 0 radical (unpaired) electrons. The molecule has 5 heteroatoms. The lowest BCUT2D eigenvalue weighted by atomic mass is 10.0. The minimum absolute atomic E-state index is 0.102. The Kier molecular flexibility index (Phi) is 3.72. The minimum Gasteiger partial charge on any atom is -0.302 e. The third kappa shape index (κ3) is 2.73. The van der Waals surface area contributed by atoms with Gasteiger partial charge in [0.25, 0.3) is 0 Å². The minimum atomic E-state index is -0.270. The third-order valence-corrected chi connectivity index (χ3v) is 3.13. The Morgan fingerprint density at radius 3 is 2.94 bits per heavy atom. The first-order chi connectivity index (χ1) is 8.58. The van der Waals surface area contributed by atoms with E-state index in [0.717, 1.165) is 11.1 Å². The largest absolute Gasteiger partial charge is 0.302 e. The summed E-state index contributed by atoms with van der Waals surface area (Å²) in [5, 5.41) is 3.18. The van der Waals surface area contributed by atoms with Crippen molar-refractivity contribution in [3.63, 3.8) is 0 Å². The van der Waals surface area contributed by atoms with Crippen molar-refractivity contribution in [1.29, 1.82) is 0 Å². The van der Waals surface area contributed by atoms with E-state index in [9.17, 15) is 9.59 Å². The van der Waals surface area contributed by atoms with Gasteiger partial charge in [0.2, 0.25) is 11.8 Å². The predicted molar refractivity (Wildman–Crippen MR) is 66.6 cm³/mol. The van der Waals surface area contributed by atoms with Crippen molar-refractivity contribution in [2.45, 2.75) is 32.4 Å². The van der Waals surface area contributed by atoms with E-state index in [2.05, 4.69) is 10.3 Å². The maximum absolute atomic E-state index is 11.9. The molecule has 0 bridgehead atoms. The first-order valence-electron chi connectivity index (χ1n) is 6.02. The van der Waals surface area contributed by atoms with Crippen LogP contribution in [0.1, 0.15) is 24.0 Å². The zero-order chi connectivity index (χ0) is 13.1. The molecule has 2 rings (SSSR count). The number of carbonyl (C=O) groups is 2. The van der Waals surface area contributed by atoms with E-state index < -0.39 is 0 Å². The van der Waals surface area contributed by atoms with E-state index in [1.807, 2.05) is 13.0 Å². The van der Waals surface area contributed by atoms with Crippen molar-refractivity contribution in [3.05, 3.63) is 29.6 Å². The van der Waals surface area contributed by atoms with Crippen molar-refractivity contribution in [2.75, 3.05) is 7.05 Å². The van der Waals surface area contributed by atoms with Crippen LogP contribution in [-0.2, 0) is 16.1 Å². The number of nitrogens with zero attached hydrogens (tertiary/aromatic N) is 2. The van der Waals surface area contributed by atoms with Crippen LogP contribution in [0.3, 0.4) is 0 Å². The molecule has 18 heavy (non-hydrogen) atoms. The summed E-state index contributed by atoms with van der Waals surface area (Å²) in [4.78, 5) is 28.5. The number of aromatic nitrogens is 1. The number of piperidine rings is 1. The Hall–Kier alpha value is -1.75. The third-order valence-electron chi connectivity index (χ3n) is 3.13.